The Labute approximate surface area is 60.1 Å². The van der Waals surface area contributed by atoms with Gasteiger partial charge in [0.05, 0.1) is 0 Å². The maximum Gasteiger partial charge on any atom is 0.337 e. The fourth-order valence-electron chi connectivity index (χ4n) is 0.331. The topological polar surface area (TPSA) is 44.8 Å². The van der Waals surface area contributed by atoms with Crippen molar-refractivity contribution < 1.29 is 19.0 Å². The van der Waals surface area contributed by atoms with Gasteiger partial charge < -0.3 is 14.2 Å². The van der Waals surface area contributed by atoms with Crippen molar-refractivity contribution in [2.24, 2.45) is 0 Å². The number of ether oxygens (including phenoxy) is 3. The average Bonchev–Trinajstić information content (AvgIpc) is 1.98. The summed E-state index contributed by atoms with van der Waals surface area (Å²) < 4.78 is 13.7. The fourth-order valence-corrected chi connectivity index (χ4v) is 0.331. The molecule has 0 rings (SSSR count). The maximum atomic E-state index is 10.7. The van der Waals surface area contributed by atoms with Crippen molar-refractivity contribution in [1.82, 2.24) is 0 Å². The van der Waals surface area contributed by atoms with Gasteiger partial charge in [-0.2, -0.15) is 0 Å². The van der Waals surface area contributed by atoms with Crippen LogP contribution in [0.4, 0.5) is 0 Å². The quantitative estimate of drug-likeness (QED) is 0.421. The third kappa shape index (κ3) is 3.42. The molecule has 0 bridgehead atoms. The van der Waals surface area contributed by atoms with Crippen molar-refractivity contribution in [3.8, 4) is 0 Å². The highest BCUT2D eigenvalue weighted by Crippen LogP contribution is 1.91. The molecule has 0 aromatic carbocycles. The Hall–Kier alpha value is -0.610. The molecule has 60 valence electrons. The van der Waals surface area contributed by atoms with Crippen molar-refractivity contribution in [2.75, 3.05) is 21.0 Å². The van der Waals surface area contributed by atoms with Gasteiger partial charge in [-0.25, -0.2) is 4.79 Å². The van der Waals surface area contributed by atoms with Gasteiger partial charge in [0.15, 0.2) is 12.9 Å². The molecular formula is C6H12O4. The molecule has 0 aliphatic rings. The van der Waals surface area contributed by atoms with Crippen molar-refractivity contribution >= 4 is 5.97 Å². The van der Waals surface area contributed by atoms with Crippen molar-refractivity contribution in [2.45, 2.75) is 13.0 Å². The third-order valence-electron chi connectivity index (χ3n) is 1.00. The minimum atomic E-state index is -0.518. The number of hydrogen-bond acceptors (Lipinski definition) is 4. The summed E-state index contributed by atoms with van der Waals surface area (Å²) in [5.74, 6) is -0.413. The Morgan fingerprint density at radius 3 is 2.50 bits per heavy atom. The number of carbonyl (C=O) groups excluding carboxylic acids is 1. The van der Waals surface area contributed by atoms with Crippen LogP contribution in [0.1, 0.15) is 6.92 Å². The number of methoxy groups -OCH3 is 2. The van der Waals surface area contributed by atoms with E-state index in [2.05, 4.69) is 14.2 Å². The molecule has 0 aromatic heterocycles. The van der Waals surface area contributed by atoms with E-state index < -0.39 is 12.1 Å². The van der Waals surface area contributed by atoms with Gasteiger partial charge in [0.1, 0.15) is 0 Å². The van der Waals surface area contributed by atoms with Crippen LogP contribution in [0.5, 0.6) is 0 Å². The second-order valence-corrected chi connectivity index (χ2v) is 1.75. The molecule has 0 spiro atoms. The summed E-state index contributed by atoms with van der Waals surface area (Å²) in [4.78, 5) is 10.7. The standard InChI is InChI=1S/C6H12O4/c1-5(9-3)6(7)10-4-8-2/h5H,4H2,1-3H3. The molecule has 1 atom stereocenters. The lowest BCUT2D eigenvalue weighted by atomic mass is 10.4. The molecule has 0 aliphatic heterocycles. The minimum absolute atomic E-state index is 0.0213. The number of rotatable bonds is 4. The number of esters is 1. The molecule has 0 N–H and O–H groups in total. The normalized spacial score (nSPS) is 12.7. The van der Waals surface area contributed by atoms with E-state index >= 15 is 0 Å². The van der Waals surface area contributed by atoms with Crippen LogP contribution in [0, 0.1) is 0 Å². The molecular weight excluding hydrogens is 136 g/mol. The van der Waals surface area contributed by atoms with E-state index in [0.29, 0.717) is 0 Å². The van der Waals surface area contributed by atoms with E-state index in [1.807, 2.05) is 0 Å². The second-order valence-electron chi connectivity index (χ2n) is 1.75. The second kappa shape index (κ2) is 5.20. The van der Waals surface area contributed by atoms with Crippen molar-refractivity contribution in [1.29, 1.82) is 0 Å². The van der Waals surface area contributed by atoms with Gasteiger partial charge in [-0.15, -0.1) is 0 Å². The lowest BCUT2D eigenvalue weighted by molar-refractivity contribution is -0.164. The summed E-state index contributed by atoms with van der Waals surface area (Å²) in [7, 11) is 2.89. The molecule has 10 heavy (non-hydrogen) atoms. The van der Waals surface area contributed by atoms with Crippen LogP contribution in [0.15, 0.2) is 0 Å². The summed E-state index contributed by atoms with van der Waals surface area (Å²) in [6.45, 7) is 1.59. The zero-order valence-electron chi connectivity index (χ0n) is 6.42. The summed E-state index contributed by atoms with van der Waals surface area (Å²) in [6, 6.07) is 0. The van der Waals surface area contributed by atoms with Crippen LogP contribution in [0.3, 0.4) is 0 Å². The predicted octanol–water partition coefficient (Wildman–Crippen LogP) is 0.168. The molecule has 0 saturated heterocycles. The van der Waals surface area contributed by atoms with Crippen LogP contribution >= 0.6 is 0 Å². The first kappa shape index (κ1) is 9.39. The Kier molecular flexibility index (Phi) is 4.88. The third-order valence-corrected chi connectivity index (χ3v) is 1.00. The number of carbonyl (C=O) groups is 1. The van der Waals surface area contributed by atoms with Crippen LogP contribution in [0.2, 0.25) is 0 Å². The van der Waals surface area contributed by atoms with E-state index in [1.54, 1.807) is 6.92 Å². The van der Waals surface area contributed by atoms with Gasteiger partial charge in [-0.1, -0.05) is 0 Å². The summed E-state index contributed by atoms with van der Waals surface area (Å²) >= 11 is 0. The van der Waals surface area contributed by atoms with E-state index in [0.717, 1.165) is 0 Å². The molecule has 4 heteroatoms. The van der Waals surface area contributed by atoms with Gasteiger partial charge in [0, 0.05) is 14.2 Å². The largest absolute Gasteiger partial charge is 0.437 e. The lowest BCUT2D eigenvalue weighted by Gasteiger charge is -2.07. The summed E-state index contributed by atoms with van der Waals surface area (Å²) in [6.07, 6.45) is -0.518. The zero-order valence-corrected chi connectivity index (χ0v) is 6.42. The Balaban J connectivity index is 3.42. The van der Waals surface area contributed by atoms with E-state index in [-0.39, 0.29) is 6.79 Å². The maximum absolute atomic E-state index is 10.7. The summed E-state index contributed by atoms with van der Waals surface area (Å²) in [5, 5.41) is 0. The molecule has 0 amide bonds. The first-order valence-electron chi connectivity index (χ1n) is 2.90. The Morgan fingerprint density at radius 1 is 1.50 bits per heavy atom. The molecule has 4 nitrogen and oxygen atoms in total. The Morgan fingerprint density at radius 2 is 2.10 bits per heavy atom. The van der Waals surface area contributed by atoms with Gasteiger partial charge >= 0.3 is 5.97 Å². The van der Waals surface area contributed by atoms with Gasteiger partial charge in [0.25, 0.3) is 0 Å². The van der Waals surface area contributed by atoms with Crippen LogP contribution in [0.25, 0.3) is 0 Å². The SMILES string of the molecule is COCOC(=O)C(C)OC. The number of hydrogen-bond donors (Lipinski definition) is 0. The minimum Gasteiger partial charge on any atom is -0.437 e. The van der Waals surface area contributed by atoms with Gasteiger partial charge in [-0.05, 0) is 6.92 Å². The predicted molar refractivity (Wildman–Crippen MR) is 34.4 cm³/mol. The Bertz CT molecular complexity index is 102. The highest BCUT2D eigenvalue weighted by atomic mass is 16.7. The van der Waals surface area contributed by atoms with E-state index in [4.69, 9.17) is 0 Å². The molecule has 0 aliphatic carbocycles. The van der Waals surface area contributed by atoms with Gasteiger partial charge in [-0.3, -0.25) is 0 Å². The first-order valence-corrected chi connectivity index (χ1v) is 2.90. The zero-order chi connectivity index (χ0) is 7.98. The molecule has 1 unspecified atom stereocenters. The summed E-state index contributed by atoms with van der Waals surface area (Å²) in [5.41, 5.74) is 0. The van der Waals surface area contributed by atoms with Gasteiger partial charge in [0.2, 0.25) is 0 Å². The van der Waals surface area contributed by atoms with Crippen LogP contribution < -0.4 is 0 Å². The molecule has 0 aromatic rings. The molecule has 0 heterocycles. The molecule has 0 fully saturated rings. The van der Waals surface area contributed by atoms with Crippen molar-refractivity contribution in [3.05, 3.63) is 0 Å². The van der Waals surface area contributed by atoms with Crippen molar-refractivity contribution in [3.63, 3.8) is 0 Å². The lowest BCUT2D eigenvalue weighted by Crippen LogP contribution is -2.22. The highest BCUT2D eigenvalue weighted by molar-refractivity contribution is 5.74. The monoisotopic (exact) mass is 148 g/mol. The van der Waals surface area contributed by atoms with Crippen LogP contribution in [-0.2, 0) is 19.0 Å². The van der Waals surface area contributed by atoms with Crippen LogP contribution in [-0.4, -0.2) is 33.1 Å². The highest BCUT2D eigenvalue weighted by Gasteiger charge is 2.11. The fraction of sp³-hybridized carbons (Fsp3) is 0.833. The molecule has 0 saturated carbocycles. The average molecular weight is 148 g/mol. The smallest absolute Gasteiger partial charge is 0.337 e. The van der Waals surface area contributed by atoms with E-state index in [9.17, 15) is 4.79 Å². The van der Waals surface area contributed by atoms with E-state index in [1.165, 1.54) is 14.2 Å². The first-order chi connectivity index (χ1) is 4.72. The molecule has 0 radical (unpaired) electrons.